The molecule has 2 aromatic carbocycles. The minimum Gasteiger partial charge on any atom is -0.328 e. The molecule has 2 N–H and O–H groups in total. The van der Waals surface area contributed by atoms with Crippen LogP contribution in [-0.2, 0) is 20.3 Å². The van der Waals surface area contributed by atoms with Crippen LogP contribution in [0.2, 0.25) is 0 Å². The Morgan fingerprint density at radius 2 is 1.24 bits per heavy atom. The second-order valence-electron chi connectivity index (χ2n) is 8.02. The van der Waals surface area contributed by atoms with Crippen molar-refractivity contribution in [3.63, 3.8) is 0 Å². The highest BCUT2D eigenvalue weighted by Gasteiger charge is 2.73. The molecule has 1 fully saturated rings. The zero-order chi connectivity index (χ0) is 24.9. The van der Waals surface area contributed by atoms with Crippen LogP contribution in [-0.4, -0.2) is 26.8 Å². The van der Waals surface area contributed by atoms with E-state index in [9.17, 15) is 43.5 Å². The Kier molecular flexibility index (Phi) is 6.33. The van der Waals surface area contributed by atoms with Gasteiger partial charge in [-0.2, -0.15) is 26.3 Å². The standard InChI is InChI=1S/C21H19F8NO2S/c22-15-5-7-17(8-6-15)33(31,32)18(11-9-16(30)10-12-18)13-1-3-14(4-2-13)19(23,20(24,25)26)21(27,28)29/h1-8,16H,9-12,30H2. The average molecular weight is 501 g/mol. The highest BCUT2D eigenvalue weighted by Crippen LogP contribution is 2.54. The van der Waals surface area contributed by atoms with E-state index < -0.39 is 44.0 Å². The number of hydrogen-bond acceptors (Lipinski definition) is 3. The monoisotopic (exact) mass is 501 g/mol. The summed E-state index contributed by atoms with van der Waals surface area (Å²) in [5, 5.41) is 0. The lowest BCUT2D eigenvalue weighted by Gasteiger charge is -2.39. The van der Waals surface area contributed by atoms with Gasteiger partial charge in [0.1, 0.15) is 10.6 Å². The molecule has 182 valence electrons. The fourth-order valence-corrected chi connectivity index (χ4v) is 6.32. The summed E-state index contributed by atoms with van der Waals surface area (Å²) in [5.74, 6) is -0.698. The first-order valence-corrected chi connectivity index (χ1v) is 11.2. The van der Waals surface area contributed by atoms with E-state index in [0.717, 1.165) is 36.4 Å². The van der Waals surface area contributed by atoms with Crippen LogP contribution >= 0.6 is 0 Å². The van der Waals surface area contributed by atoms with E-state index in [1.807, 2.05) is 0 Å². The van der Waals surface area contributed by atoms with Gasteiger partial charge in [0.2, 0.25) is 0 Å². The normalized spacial score (nSPS) is 22.9. The first-order chi connectivity index (χ1) is 15.1. The van der Waals surface area contributed by atoms with Crippen molar-refractivity contribution < 1.29 is 43.5 Å². The van der Waals surface area contributed by atoms with Crippen molar-refractivity contribution in [1.29, 1.82) is 0 Å². The van der Waals surface area contributed by atoms with Crippen LogP contribution in [0.3, 0.4) is 0 Å². The Morgan fingerprint density at radius 1 is 0.788 bits per heavy atom. The fourth-order valence-electron chi connectivity index (χ4n) is 4.15. The van der Waals surface area contributed by atoms with Crippen molar-refractivity contribution in [1.82, 2.24) is 0 Å². The van der Waals surface area contributed by atoms with Crippen molar-refractivity contribution in [2.45, 2.75) is 59.4 Å². The minimum absolute atomic E-state index is 0.0769. The van der Waals surface area contributed by atoms with Gasteiger partial charge >= 0.3 is 18.0 Å². The Labute approximate surface area is 184 Å². The molecule has 0 unspecified atom stereocenters. The second kappa shape index (κ2) is 8.23. The molecule has 0 bridgehead atoms. The molecule has 3 nitrogen and oxygen atoms in total. The maximum absolute atomic E-state index is 14.4. The molecule has 2 aromatic rings. The van der Waals surface area contributed by atoms with Crippen LogP contribution in [0, 0.1) is 5.82 Å². The van der Waals surface area contributed by atoms with Crippen molar-refractivity contribution >= 4 is 9.84 Å². The van der Waals surface area contributed by atoms with E-state index in [1.54, 1.807) is 0 Å². The number of benzene rings is 2. The topological polar surface area (TPSA) is 60.2 Å². The largest absolute Gasteiger partial charge is 0.435 e. The molecule has 0 spiro atoms. The quantitative estimate of drug-likeness (QED) is 0.433. The van der Waals surface area contributed by atoms with E-state index in [4.69, 9.17) is 5.73 Å². The van der Waals surface area contributed by atoms with Gasteiger partial charge < -0.3 is 5.73 Å². The second-order valence-corrected chi connectivity index (χ2v) is 10.3. The number of nitrogens with two attached hydrogens (primary N) is 1. The molecule has 0 amide bonds. The Hall–Kier alpha value is -2.21. The Balaban J connectivity index is 2.15. The number of sulfone groups is 1. The van der Waals surface area contributed by atoms with E-state index in [0.29, 0.717) is 12.1 Å². The maximum atomic E-state index is 14.4. The van der Waals surface area contributed by atoms with Crippen LogP contribution in [0.5, 0.6) is 0 Å². The first kappa shape index (κ1) is 25.4. The average Bonchev–Trinajstić information content (AvgIpc) is 2.72. The smallest absolute Gasteiger partial charge is 0.328 e. The van der Waals surface area contributed by atoms with E-state index >= 15 is 0 Å². The molecule has 33 heavy (non-hydrogen) atoms. The predicted molar refractivity (Wildman–Crippen MR) is 103 cm³/mol. The van der Waals surface area contributed by atoms with Crippen LogP contribution in [0.1, 0.15) is 36.8 Å². The molecule has 0 radical (unpaired) electrons. The molecule has 0 aliphatic heterocycles. The predicted octanol–water partition coefficient (Wildman–Crippen LogP) is 5.69. The molecule has 0 saturated heterocycles. The highest BCUT2D eigenvalue weighted by molar-refractivity contribution is 7.92. The lowest BCUT2D eigenvalue weighted by atomic mass is 9.80. The van der Waals surface area contributed by atoms with Crippen molar-refractivity contribution in [3.05, 3.63) is 65.5 Å². The molecule has 1 aliphatic carbocycles. The molecule has 0 atom stereocenters. The molecule has 0 aromatic heterocycles. The van der Waals surface area contributed by atoms with Crippen LogP contribution in [0.4, 0.5) is 35.1 Å². The number of halogens is 8. The molecule has 1 saturated carbocycles. The number of alkyl halides is 7. The zero-order valence-corrected chi connectivity index (χ0v) is 17.7. The molecule has 12 heteroatoms. The summed E-state index contributed by atoms with van der Waals surface area (Å²) in [6, 6.07) is 5.65. The van der Waals surface area contributed by atoms with Crippen LogP contribution in [0.25, 0.3) is 0 Å². The minimum atomic E-state index is -6.29. The van der Waals surface area contributed by atoms with Crippen molar-refractivity contribution in [2.75, 3.05) is 0 Å². The Bertz CT molecular complexity index is 1070. The van der Waals surface area contributed by atoms with Crippen LogP contribution in [0.15, 0.2) is 53.4 Å². The molecular formula is C21H19F8NO2S. The molecule has 3 rings (SSSR count). The van der Waals surface area contributed by atoms with Gasteiger partial charge in [-0.3, -0.25) is 0 Å². The van der Waals surface area contributed by atoms with Gasteiger partial charge in [0.05, 0.1) is 4.90 Å². The third-order valence-electron chi connectivity index (χ3n) is 6.07. The van der Waals surface area contributed by atoms with E-state index in [1.165, 1.54) is 0 Å². The van der Waals surface area contributed by atoms with Gasteiger partial charge in [-0.15, -0.1) is 0 Å². The fraction of sp³-hybridized carbons (Fsp3) is 0.429. The molecule has 0 heterocycles. The summed E-state index contributed by atoms with van der Waals surface area (Å²) in [6.07, 6.45) is -12.3. The summed E-state index contributed by atoms with van der Waals surface area (Å²) in [4.78, 5) is -0.270. The first-order valence-electron chi connectivity index (χ1n) is 9.75. The van der Waals surface area contributed by atoms with E-state index in [-0.39, 0.29) is 42.2 Å². The summed E-state index contributed by atoms with van der Waals surface area (Å²) < 4.78 is 131. The van der Waals surface area contributed by atoms with Crippen molar-refractivity contribution in [2.24, 2.45) is 5.73 Å². The molecular weight excluding hydrogens is 482 g/mol. The molecule has 1 aliphatic rings. The van der Waals surface area contributed by atoms with Gasteiger partial charge in [0, 0.05) is 11.6 Å². The maximum Gasteiger partial charge on any atom is 0.435 e. The summed E-state index contributed by atoms with van der Waals surface area (Å²) in [7, 11) is -4.28. The number of rotatable bonds is 4. The van der Waals surface area contributed by atoms with Crippen LogP contribution < -0.4 is 5.73 Å². The highest BCUT2D eigenvalue weighted by atomic mass is 32.2. The lowest BCUT2D eigenvalue weighted by Crippen LogP contribution is -2.50. The third kappa shape index (κ3) is 4.11. The van der Waals surface area contributed by atoms with Gasteiger partial charge in [-0.1, -0.05) is 24.3 Å². The van der Waals surface area contributed by atoms with Gasteiger partial charge in [0.25, 0.3) is 0 Å². The SMILES string of the molecule is NC1CCC(c2ccc(C(F)(C(F)(F)F)C(F)(F)F)cc2)(S(=O)(=O)c2ccc(F)cc2)CC1. The van der Waals surface area contributed by atoms with Gasteiger partial charge in [-0.05, 0) is 55.5 Å². The lowest BCUT2D eigenvalue weighted by molar-refractivity contribution is -0.348. The van der Waals surface area contributed by atoms with Gasteiger partial charge in [-0.25, -0.2) is 17.2 Å². The van der Waals surface area contributed by atoms with E-state index in [2.05, 4.69) is 0 Å². The summed E-state index contributed by atoms with van der Waals surface area (Å²) in [6.45, 7) is 0. The third-order valence-corrected chi connectivity index (χ3v) is 8.63. The summed E-state index contributed by atoms with van der Waals surface area (Å²) in [5.41, 5.74) is -1.58. The summed E-state index contributed by atoms with van der Waals surface area (Å²) >= 11 is 0. The number of hydrogen-bond donors (Lipinski definition) is 1. The van der Waals surface area contributed by atoms with Gasteiger partial charge in [0.15, 0.2) is 9.84 Å². The van der Waals surface area contributed by atoms with Crippen molar-refractivity contribution in [3.8, 4) is 0 Å². The Morgan fingerprint density at radius 3 is 1.67 bits per heavy atom. The zero-order valence-electron chi connectivity index (χ0n) is 16.9.